The van der Waals surface area contributed by atoms with Crippen LogP contribution in [0.25, 0.3) is 0 Å². The summed E-state index contributed by atoms with van der Waals surface area (Å²) in [6.45, 7) is 3.10. The molecule has 92 valence electrons. The van der Waals surface area contributed by atoms with Crippen LogP contribution < -0.4 is 10.6 Å². The number of carboxylic acids is 1. The molecule has 1 atom stereocenters. The van der Waals surface area contributed by atoms with Crippen LogP contribution in [-0.4, -0.2) is 36.8 Å². The molecule has 1 aromatic rings. The van der Waals surface area contributed by atoms with E-state index in [9.17, 15) is 4.79 Å². The molecule has 0 aromatic heterocycles. The van der Waals surface area contributed by atoms with Gasteiger partial charge >= 0.3 is 5.97 Å². The van der Waals surface area contributed by atoms with Crippen LogP contribution in [0.4, 0.5) is 0 Å². The van der Waals surface area contributed by atoms with E-state index in [1.54, 1.807) is 12.1 Å². The van der Waals surface area contributed by atoms with E-state index in [-0.39, 0.29) is 0 Å². The lowest BCUT2D eigenvalue weighted by Gasteiger charge is -2.24. The molecule has 0 saturated carbocycles. The first-order valence-electron chi connectivity index (χ1n) is 6.02. The number of carbonyl (C=O) groups is 1. The fourth-order valence-electron chi connectivity index (χ4n) is 2.07. The number of carboxylic acid groups (broad SMARTS) is 1. The fourth-order valence-corrected chi connectivity index (χ4v) is 2.07. The average Bonchev–Trinajstić information content (AvgIpc) is 2.38. The minimum absolute atomic E-state index is 0.353. The zero-order chi connectivity index (χ0) is 12.1. The van der Waals surface area contributed by atoms with Crippen molar-refractivity contribution in [2.24, 2.45) is 0 Å². The van der Waals surface area contributed by atoms with Gasteiger partial charge in [-0.1, -0.05) is 12.1 Å². The van der Waals surface area contributed by atoms with Crippen molar-refractivity contribution in [2.75, 3.05) is 19.6 Å². The molecular formula is C13H18N2O2. The number of nitrogens with one attached hydrogen (secondary N) is 2. The molecule has 0 bridgehead atoms. The minimum Gasteiger partial charge on any atom is -0.478 e. The van der Waals surface area contributed by atoms with Crippen LogP contribution >= 0.6 is 0 Å². The van der Waals surface area contributed by atoms with Gasteiger partial charge in [-0.2, -0.15) is 0 Å². The molecule has 0 aliphatic carbocycles. The molecule has 0 amide bonds. The summed E-state index contributed by atoms with van der Waals surface area (Å²) in [5.74, 6) is -0.866. The van der Waals surface area contributed by atoms with Crippen molar-refractivity contribution in [3.8, 4) is 0 Å². The van der Waals surface area contributed by atoms with Crippen LogP contribution in [0, 0.1) is 0 Å². The number of hydrogen-bond acceptors (Lipinski definition) is 3. The molecule has 1 saturated heterocycles. The zero-order valence-corrected chi connectivity index (χ0v) is 9.78. The summed E-state index contributed by atoms with van der Waals surface area (Å²) < 4.78 is 0. The van der Waals surface area contributed by atoms with E-state index < -0.39 is 5.97 Å². The Bertz CT molecular complexity index is 370. The van der Waals surface area contributed by atoms with Gasteiger partial charge in [0.1, 0.15) is 0 Å². The van der Waals surface area contributed by atoms with Crippen LogP contribution in [0.2, 0.25) is 0 Å². The van der Waals surface area contributed by atoms with Crippen molar-refractivity contribution >= 4 is 5.97 Å². The maximum absolute atomic E-state index is 10.7. The van der Waals surface area contributed by atoms with Crippen LogP contribution in [0.5, 0.6) is 0 Å². The Balaban J connectivity index is 1.84. The lowest BCUT2D eigenvalue weighted by molar-refractivity contribution is 0.0697. The Hall–Kier alpha value is -1.39. The van der Waals surface area contributed by atoms with E-state index in [1.165, 1.54) is 5.56 Å². The fraction of sp³-hybridized carbons (Fsp3) is 0.462. The highest BCUT2D eigenvalue weighted by Crippen LogP contribution is 2.08. The molecular weight excluding hydrogens is 216 g/mol. The van der Waals surface area contributed by atoms with Gasteiger partial charge in [0, 0.05) is 25.7 Å². The van der Waals surface area contributed by atoms with Gasteiger partial charge in [-0.05, 0) is 30.5 Å². The number of hydrogen-bond donors (Lipinski definition) is 3. The van der Waals surface area contributed by atoms with Crippen molar-refractivity contribution in [1.29, 1.82) is 0 Å². The SMILES string of the molecule is O=C(O)c1ccc(CC[C@@H]2CNCCN2)cc1. The van der Waals surface area contributed by atoms with E-state index in [2.05, 4.69) is 10.6 Å². The zero-order valence-electron chi connectivity index (χ0n) is 9.78. The molecule has 1 heterocycles. The van der Waals surface area contributed by atoms with Gasteiger partial charge in [0.2, 0.25) is 0 Å². The smallest absolute Gasteiger partial charge is 0.335 e. The molecule has 1 aromatic carbocycles. The van der Waals surface area contributed by atoms with Crippen LogP contribution in [0.15, 0.2) is 24.3 Å². The van der Waals surface area contributed by atoms with Crippen LogP contribution in [-0.2, 0) is 6.42 Å². The molecule has 1 fully saturated rings. The molecule has 1 aliphatic rings. The summed E-state index contributed by atoms with van der Waals surface area (Å²) in [4.78, 5) is 10.7. The third kappa shape index (κ3) is 3.54. The number of piperazine rings is 1. The molecule has 1 aliphatic heterocycles. The highest BCUT2D eigenvalue weighted by Gasteiger charge is 2.11. The number of benzene rings is 1. The van der Waals surface area contributed by atoms with E-state index in [4.69, 9.17) is 5.11 Å². The highest BCUT2D eigenvalue weighted by molar-refractivity contribution is 5.87. The molecule has 0 unspecified atom stereocenters. The van der Waals surface area contributed by atoms with E-state index in [0.717, 1.165) is 32.5 Å². The quantitative estimate of drug-likeness (QED) is 0.723. The van der Waals surface area contributed by atoms with Gasteiger partial charge in [0.15, 0.2) is 0 Å². The van der Waals surface area contributed by atoms with Crippen molar-refractivity contribution in [1.82, 2.24) is 10.6 Å². The Morgan fingerprint density at radius 3 is 2.65 bits per heavy atom. The maximum Gasteiger partial charge on any atom is 0.335 e. The second-order valence-electron chi connectivity index (χ2n) is 4.40. The van der Waals surface area contributed by atoms with Crippen molar-refractivity contribution in [3.05, 3.63) is 35.4 Å². The predicted molar refractivity (Wildman–Crippen MR) is 66.4 cm³/mol. The van der Waals surface area contributed by atoms with Crippen molar-refractivity contribution < 1.29 is 9.90 Å². The van der Waals surface area contributed by atoms with E-state index >= 15 is 0 Å². The van der Waals surface area contributed by atoms with E-state index in [1.807, 2.05) is 12.1 Å². The predicted octanol–water partition coefficient (Wildman–Crippen LogP) is 0.879. The minimum atomic E-state index is -0.866. The van der Waals surface area contributed by atoms with Gasteiger partial charge in [-0.15, -0.1) is 0 Å². The average molecular weight is 234 g/mol. The maximum atomic E-state index is 10.7. The van der Waals surface area contributed by atoms with Gasteiger partial charge in [-0.3, -0.25) is 0 Å². The van der Waals surface area contributed by atoms with Gasteiger partial charge in [0.05, 0.1) is 5.56 Å². The molecule has 0 spiro atoms. The van der Waals surface area contributed by atoms with Crippen molar-refractivity contribution in [2.45, 2.75) is 18.9 Å². The first-order valence-corrected chi connectivity index (χ1v) is 6.02. The van der Waals surface area contributed by atoms with E-state index in [0.29, 0.717) is 11.6 Å². The number of rotatable bonds is 4. The molecule has 2 rings (SSSR count). The first-order chi connectivity index (χ1) is 8.25. The van der Waals surface area contributed by atoms with Crippen molar-refractivity contribution in [3.63, 3.8) is 0 Å². The molecule has 4 heteroatoms. The summed E-state index contributed by atoms with van der Waals surface area (Å²) in [6.07, 6.45) is 2.07. The molecule has 0 radical (unpaired) electrons. The highest BCUT2D eigenvalue weighted by atomic mass is 16.4. The lowest BCUT2D eigenvalue weighted by Crippen LogP contribution is -2.48. The first kappa shape index (κ1) is 12.1. The van der Waals surface area contributed by atoms with Gasteiger partial charge in [0.25, 0.3) is 0 Å². The monoisotopic (exact) mass is 234 g/mol. The standard InChI is InChI=1S/C13H18N2O2/c16-13(17)11-4-1-10(2-5-11)3-6-12-9-14-7-8-15-12/h1-2,4-5,12,14-15H,3,6-9H2,(H,16,17)/t12-/m1/s1. The molecule has 17 heavy (non-hydrogen) atoms. The number of aryl methyl sites for hydroxylation is 1. The topological polar surface area (TPSA) is 61.4 Å². The Morgan fingerprint density at radius 2 is 2.06 bits per heavy atom. The van der Waals surface area contributed by atoms with Gasteiger partial charge in [-0.25, -0.2) is 4.79 Å². The molecule has 3 N–H and O–H groups in total. The summed E-state index contributed by atoms with van der Waals surface area (Å²) in [6, 6.07) is 7.68. The third-order valence-electron chi connectivity index (χ3n) is 3.11. The second kappa shape index (κ2) is 5.80. The lowest BCUT2D eigenvalue weighted by atomic mass is 10.0. The third-order valence-corrected chi connectivity index (χ3v) is 3.11. The summed E-state index contributed by atoms with van der Waals surface area (Å²) in [5.41, 5.74) is 1.55. The summed E-state index contributed by atoms with van der Waals surface area (Å²) in [5, 5.41) is 15.6. The Kier molecular flexibility index (Phi) is 4.12. The molecule has 4 nitrogen and oxygen atoms in total. The Morgan fingerprint density at radius 1 is 1.29 bits per heavy atom. The number of aromatic carboxylic acids is 1. The summed E-state index contributed by atoms with van der Waals surface area (Å²) in [7, 11) is 0. The van der Waals surface area contributed by atoms with Crippen LogP contribution in [0.3, 0.4) is 0 Å². The second-order valence-corrected chi connectivity index (χ2v) is 4.40. The van der Waals surface area contributed by atoms with Gasteiger partial charge < -0.3 is 15.7 Å². The van der Waals surface area contributed by atoms with Crippen LogP contribution in [0.1, 0.15) is 22.3 Å². The Labute approximate surface area is 101 Å². The summed E-state index contributed by atoms with van der Waals surface area (Å²) >= 11 is 0. The largest absolute Gasteiger partial charge is 0.478 e. The normalized spacial score (nSPS) is 20.1.